The largest absolute Gasteiger partial charge is 0.460 e. The smallest absolute Gasteiger partial charge is 0.345 e. The van der Waals surface area contributed by atoms with Crippen LogP contribution in [0.4, 0.5) is 0 Å². The summed E-state index contributed by atoms with van der Waals surface area (Å²) < 4.78 is 41.5. The lowest BCUT2D eigenvalue weighted by Gasteiger charge is -2.39. The van der Waals surface area contributed by atoms with E-state index in [-0.39, 0.29) is 61.8 Å². The maximum Gasteiger partial charge on any atom is 0.345 e. The first-order chi connectivity index (χ1) is 25.8. The third kappa shape index (κ3) is 12.0. The third-order valence-electron chi connectivity index (χ3n) is 11.4. The van der Waals surface area contributed by atoms with Crippen molar-refractivity contribution in [1.82, 2.24) is 0 Å². The molecule has 0 bridgehead atoms. The first kappa shape index (κ1) is 42.1. The van der Waals surface area contributed by atoms with Gasteiger partial charge in [0.1, 0.15) is 24.7 Å². The predicted octanol–water partition coefficient (Wildman–Crippen LogP) is 8.49. The number of cyclic esters (lactones) is 1. The fraction of sp³-hybridized carbons (Fsp3) is 0.682. The van der Waals surface area contributed by atoms with Gasteiger partial charge in [0.15, 0.2) is 0 Å². The molecule has 2 fully saturated rings. The van der Waals surface area contributed by atoms with Crippen molar-refractivity contribution in [3.8, 4) is 5.75 Å². The summed E-state index contributed by atoms with van der Waals surface area (Å²) in [7, 11) is 1.60. The Kier molecular flexibility index (Phi) is 15.4. The number of aryl methyl sites for hydroxylation is 1. The average molecular weight is 753 g/mol. The first-order valence-corrected chi connectivity index (χ1v) is 20.2. The van der Waals surface area contributed by atoms with Gasteiger partial charge in [0.05, 0.1) is 42.0 Å². The molecule has 1 N–H and O–H groups in total. The maximum atomic E-state index is 13.2. The summed E-state index contributed by atoms with van der Waals surface area (Å²) in [4.78, 5) is 25.9. The summed E-state index contributed by atoms with van der Waals surface area (Å²) in [6, 6.07) is 15.5. The minimum absolute atomic E-state index is 0.0668. The lowest BCUT2D eigenvalue weighted by Crippen LogP contribution is -2.45. The topological polar surface area (TPSA) is 119 Å². The molecule has 0 amide bonds. The van der Waals surface area contributed by atoms with E-state index in [1.165, 1.54) is 0 Å². The summed E-state index contributed by atoms with van der Waals surface area (Å²) in [5, 5.41) is 11.4. The second-order valence-corrected chi connectivity index (χ2v) is 16.6. The molecule has 2 aromatic rings. The number of carbonyl (C=O) groups excluding carboxylic acids is 2. The number of ether oxygens (including phenoxy) is 7. The van der Waals surface area contributed by atoms with E-state index in [1.807, 2.05) is 62.4 Å². The molecule has 300 valence electrons. The number of aliphatic hydroxyl groups excluding tert-OH is 1. The summed E-state index contributed by atoms with van der Waals surface area (Å²) >= 11 is 0. The minimum Gasteiger partial charge on any atom is -0.460 e. The number of rotatable bonds is 19. The number of esters is 2. The van der Waals surface area contributed by atoms with Crippen molar-refractivity contribution in [3.63, 3.8) is 0 Å². The van der Waals surface area contributed by atoms with Crippen LogP contribution in [0.2, 0.25) is 0 Å². The van der Waals surface area contributed by atoms with E-state index in [1.54, 1.807) is 21.0 Å². The zero-order valence-electron chi connectivity index (χ0n) is 33.4. The Morgan fingerprint density at radius 2 is 1.67 bits per heavy atom. The average Bonchev–Trinajstić information content (AvgIpc) is 3.15. The number of hydrogen-bond donors (Lipinski definition) is 1. The molecule has 7 atom stereocenters. The molecule has 54 heavy (non-hydrogen) atoms. The molecule has 0 saturated carbocycles. The Balaban J connectivity index is 1.05. The van der Waals surface area contributed by atoms with Crippen molar-refractivity contribution in [3.05, 3.63) is 65.2 Å². The Morgan fingerprint density at radius 1 is 0.944 bits per heavy atom. The van der Waals surface area contributed by atoms with Crippen molar-refractivity contribution >= 4 is 11.9 Å². The van der Waals surface area contributed by atoms with Crippen LogP contribution >= 0.6 is 0 Å². The Morgan fingerprint density at radius 3 is 2.43 bits per heavy atom. The molecule has 10 nitrogen and oxygen atoms in total. The van der Waals surface area contributed by atoms with Gasteiger partial charge in [0.25, 0.3) is 0 Å². The summed E-state index contributed by atoms with van der Waals surface area (Å²) in [5.74, 6) is -0.899. The molecule has 3 aliphatic heterocycles. The summed E-state index contributed by atoms with van der Waals surface area (Å²) in [5.41, 5.74) is 1.65. The molecule has 0 spiro atoms. The van der Waals surface area contributed by atoms with Crippen LogP contribution < -0.4 is 4.74 Å². The molecule has 2 aromatic carbocycles. The highest BCUT2D eigenvalue weighted by atomic mass is 16.7. The van der Waals surface area contributed by atoms with Crippen LogP contribution in [0.3, 0.4) is 0 Å². The van der Waals surface area contributed by atoms with E-state index in [2.05, 4.69) is 6.92 Å². The number of fused-ring (bicyclic) bond motifs is 1. The van der Waals surface area contributed by atoms with Gasteiger partial charge in [0.2, 0.25) is 5.79 Å². The van der Waals surface area contributed by atoms with Crippen molar-refractivity contribution in [2.24, 2.45) is 11.3 Å². The van der Waals surface area contributed by atoms with Gasteiger partial charge >= 0.3 is 11.9 Å². The van der Waals surface area contributed by atoms with Gasteiger partial charge in [-0.25, -0.2) is 4.79 Å². The molecule has 10 heteroatoms. The summed E-state index contributed by atoms with van der Waals surface area (Å²) in [6.07, 6.45) is 10.4. The fourth-order valence-electron chi connectivity index (χ4n) is 8.06. The number of benzene rings is 2. The van der Waals surface area contributed by atoms with Gasteiger partial charge in [-0.15, -0.1) is 0 Å². The number of aliphatic hydroxyl groups is 1. The van der Waals surface area contributed by atoms with Crippen molar-refractivity contribution in [1.29, 1.82) is 0 Å². The molecule has 5 rings (SSSR count). The van der Waals surface area contributed by atoms with Gasteiger partial charge in [-0.05, 0) is 120 Å². The minimum atomic E-state index is -0.963. The van der Waals surface area contributed by atoms with E-state index >= 15 is 0 Å². The van der Waals surface area contributed by atoms with Gasteiger partial charge in [0, 0.05) is 21.0 Å². The maximum absolute atomic E-state index is 13.2. The lowest BCUT2D eigenvalue weighted by atomic mass is 9.81. The van der Waals surface area contributed by atoms with Crippen LogP contribution in [-0.4, -0.2) is 73.4 Å². The number of carbonyl (C=O) groups is 2. The van der Waals surface area contributed by atoms with E-state index in [4.69, 9.17) is 33.2 Å². The zero-order valence-corrected chi connectivity index (χ0v) is 33.4. The molecule has 3 aliphatic rings. The molecule has 3 heterocycles. The molecule has 0 aliphatic carbocycles. The van der Waals surface area contributed by atoms with Crippen LogP contribution in [0.5, 0.6) is 5.75 Å². The quantitative estimate of drug-likeness (QED) is 0.111. The van der Waals surface area contributed by atoms with Gasteiger partial charge < -0.3 is 38.3 Å². The molecule has 0 aromatic heterocycles. The second kappa shape index (κ2) is 19.7. The fourth-order valence-corrected chi connectivity index (χ4v) is 8.06. The van der Waals surface area contributed by atoms with Crippen LogP contribution in [-0.2, 0) is 46.2 Å². The summed E-state index contributed by atoms with van der Waals surface area (Å²) in [6.45, 7) is 9.78. The molecular weight excluding hydrogens is 688 g/mol. The lowest BCUT2D eigenvalue weighted by molar-refractivity contribution is -0.177. The standard InChI is InChI=1S/C44H64O10/c1-30(24-25-34-20-12-19-33(51-34)18-10-16-32-17-11-22-38-40(32)41(46)54-44(4,5)53-38)37(45)27-36(50-29-48-6)26-35-21-13-23-39(52-35)43(2,3)42(47)49-28-31-14-8-7-9-15-31/h7-9,11,14-15,17,22,30,33-37,39,45H,10,12-13,16,18-21,23-29H2,1-6H3/t30-,33-,34-,35-,36-,37+,39+/m0/s1. The monoisotopic (exact) mass is 752 g/mol. The number of methoxy groups -OCH3 is 1. The van der Waals surface area contributed by atoms with Crippen molar-refractivity contribution < 1.29 is 47.9 Å². The van der Waals surface area contributed by atoms with Crippen LogP contribution in [0.1, 0.15) is 133 Å². The van der Waals surface area contributed by atoms with Gasteiger partial charge in [-0.2, -0.15) is 0 Å². The zero-order chi connectivity index (χ0) is 38.7. The van der Waals surface area contributed by atoms with E-state index in [0.717, 1.165) is 81.8 Å². The number of hydrogen-bond acceptors (Lipinski definition) is 10. The van der Waals surface area contributed by atoms with E-state index in [0.29, 0.717) is 24.2 Å². The highest BCUT2D eigenvalue weighted by Gasteiger charge is 2.42. The highest BCUT2D eigenvalue weighted by Crippen LogP contribution is 2.37. The van der Waals surface area contributed by atoms with E-state index < -0.39 is 17.3 Å². The van der Waals surface area contributed by atoms with Gasteiger partial charge in [-0.1, -0.05) is 49.4 Å². The normalized spacial score (nSPS) is 24.4. The second-order valence-electron chi connectivity index (χ2n) is 16.6. The predicted molar refractivity (Wildman–Crippen MR) is 205 cm³/mol. The van der Waals surface area contributed by atoms with E-state index in [9.17, 15) is 14.7 Å². The SMILES string of the molecule is COCO[C@@H](C[C@@H]1CCC[C@H](C(C)(C)C(=O)OCc2ccccc2)O1)C[C@@H](O)[C@@H](C)CC[C@@H]1CCC[C@H](CCCc2cccc3c2C(=O)OC(C)(C)O3)O1. The van der Waals surface area contributed by atoms with Crippen LogP contribution in [0.25, 0.3) is 0 Å². The molecule has 0 unspecified atom stereocenters. The Bertz CT molecular complexity index is 1470. The Labute approximate surface area is 322 Å². The molecule has 2 saturated heterocycles. The highest BCUT2D eigenvalue weighted by molar-refractivity contribution is 5.95. The van der Waals surface area contributed by atoms with Crippen molar-refractivity contribution in [2.45, 2.75) is 167 Å². The first-order valence-electron chi connectivity index (χ1n) is 20.2. The van der Waals surface area contributed by atoms with Crippen LogP contribution in [0.15, 0.2) is 48.5 Å². The molecule has 0 radical (unpaired) electrons. The Hall–Kier alpha value is -3.02. The third-order valence-corrected chi connectivity index (χ3v) is 11.4. The molecular formula is C44H64O10. The van der Waals surface area contributed by atoms with Gasteiger partial charge in [-0.3, -0.25) is 4.79 Å². The van der Waals surface area contributed by atoms with Crippen LogP contribution in [0, 0.1) is 11.3 Å². The van der Waals surface area contributed by atoms with Crippen molar-refractivity contribution in [2.75, 3.05) is 13.9 Å².